The maximum Gasteiger partial charge on any atom is 0.379 e. The van der Waals surface area contributed by atoms with Gasteiger partial charge in [0.05, 0.1) is 0 Å². The van der Waals surface area contributed by atoms with Crippen molar-refractivity contribution >= 4 is 5.97 Å². The number of rotatable bonds is 4. The Hall–Kier alpha value is -2.30. The Kier molecular flexibility index (Phi) is 4.02. The molecular formula is C16H13F3O2. The van der Waals surface area contributed by atoms with Crippen LogP contribution in [-0.2, 0) is 17.1 Å². The van der Waals surface area contributed by atoms with E-state index in [1.165, 1.54) is 24.3 Å². The first-order valence-electron chi connectivity index (χ1n) is 6.38. The molecular weight excluding hydrogens is 281 g/mol. The largest absolute Gasteiger partial charge is 0.477 e. The number of aliphatic carboxylic acids is 1. The van der Waals surface area contributed by atoms with E-state index in [0.717, 1.165) is 6.07 Å². The topological polar surface area (TPSA) is 37.3 Å². The molecule has 0 unspecified atom stereocenters. The summed E-state index contributed by atoms with van der Waals surface area (Å²) >= 11 is 0. The molecule has 0 amide bonds. The number of hydrogen-bond donors (Lipinski definition) is 1. The second-order valence-corrected chi connectivity index (χ2v) is 4.56. The van der Waals surface area contributed by atoms with Gasteiger partial charge in [0.25, 0.3) is 0 Å². The molecule has 0 aliphatic heterocycles. The van der Waals surface area contributed by atoms with Crippen LogP contribution < -0.4 is 0 Å². The predicted molar refractivity (Wildman–Crippen MR) is 72.7 cm³/mol. The van der Waals surface area contributed by atoms with Gasteiger partial charge in [-0.1, -0.05) is 49.4 Å². The Labute approximate surface area is 119 Å². The molecule has 0 aliphatic carbocycles. The first kappa shape index (κ1) is 15.1. The highest BCUT2D eigenvalue weighted by molar-refractivity contribution is 5.82. The molecule has 110 valence electrons. The second-order valence-electron chi connectivity index (χ2n) is 4.56. The van der Waals surface area contributed by atoms with Gasteiger partial charge in [0.1, 0.15) is 5.82 Å². The van der Waals surface area contributed by atoms with Crippen LogP contribution >= 0.6 is 0 Å². The van der Waals surface area contributed by atoms with E-state index in [0.29, 0.717) is 12.0 Å². The SMILES string of the molecule is CCc1cccc(-c2ccccc2C(F)(F)C(=O)O)c1F. The molecule has 2 nitrogen and oxygen atoms in total. The van der Waals surface area contributed by atoms with Gasteiger partial charge in [0, 0.05) is 11.1 Å². The molecule has 0 fully saturated rings. The van der Waals surface area contributed by atoms with E-state index in [1.807, 2.05) is 0 Å². The highest BCUT2D eigenvalue weighted by atomic mass is 19.3. The first-order chi connectivity index (χ1) is 9.89. The Morgan fingerprint density at radius 2 is 1.71 bits per heavy atom. The van der Waals surface area contributed by atoms with Gasteiger partial charge in [-0.25, -0.2) is 9.18 Å². The summed E-state index contributed by atoms with van der Waals surface area (Å²) in [5.41, 5.74) is -0.464. The lowest BCUT2D eigenvalue weighted by molar-refractivity contribution is -0.166. The summed E-state index contributed by atoms with van der Waals surface area (Å²) in [4.78, 5) is 10.8. The van der Waals surface area contributed by atoms with Gasteiger partial charge in [0.2, 0.25) is 0 Å². The van der Waals surface area contributed by atoms with Crippen molar-refractivity contribution < 1.29 is 23.1 Å². The van der Waals surface area contributed by atoms with Crippen molar-refractivity contribution in [2.24, 2.45) is 0 Å². The first-order valence-corrected chi connectivity index (χ1v) is 6.38. The maximum atomic E-state index is 14.3. The molecule has 0 saturated carbocycles. The number of carboxylic acid groups (broad SMARTS) is 1. The molecule has 0 aliphatic rings. The van der Waals surface area contributed by atoms with Gasteiger partial charge in [-0.3, -0.25) is 0 Å². The third-order valence-corrected chi connectivity index (χ3v) is 3.28. The van der Waals surface area contributed by atoms with E-state index in [2.05, 4.69) is 0 Å². The van der Waals surface area contributed by atoms with Crippen molar-refractivity contribution in [2.75, 3.05) is 0 Å². The maximum absolute atomic E-state index is 14.3. The minimum absolute atomic E-state index is 0.0223. The highest BCUT2D eigenvalue weighted by Crippen LogP contribution is 2.37. The van der Waals surface area contributed by atoms with E-state index < -0.39 is 23.3 Å². The second kappa shape index (κ2) is 5.60. The molecule has 2 rings (SSSR count). The van der Waals surface area contributed by atoms with Crippen molar-refractivity contribution in [2.45, 2.75) is 19.3 Å². The van der Waals surface area contributed by atoms with Crippen LogP contribution in [0.25, 0.3) is 11.1 Å². The van der Waals surface area contributed by atoms with Crippen LogP contribution in [0.5, 0.6) is 0 Å². The van der Waals surface area contributed by atoms with Crippen molar-refractivity contribution in [3.63, 3.8) is 0 Å². The molecule has 2 aromatic carbocycles. The molecule has 0 radical (unpaired) electrons. The van der Waals surface area contributed by atoms with Gasteiger partial charge >= 0.3 is 11.9 Å². The number of aryl methyl sites for hydroxylation is 1. The van der Waals surface area contributed by atoms with E-state index in [1.54, 1.807) is 19.1 Å². The number of halogens is 3. The normalized spacial score (nSPS) is 11.4. The van der Waals surface area contributed by atoms with E-state index in [-0.39, 0.29) is 11.1 Å². The smallest absolute Gasteiger partial charge is 0.379 e. The standard InChI is InChI=1S/C16H13F3O2/c1-2-10-6-5-8-12(14(10)17)11-7-3-4-9-13(11)16(18,19)15(20)21/h3-9H,2H2,1H3,(H,20,21). The van der Waals surface area contributed by atoms with Crippen LogP contribution in [0.2, 0.25) is 0 Å². The fraction of sp³-hybridized carbons (Fsp3) is 0.188. The Balaban J connectivity index is 2.70. The number of hydrogen-bond acceptors (Lipinski definition) is 1. The molecule has 0 atom stereocenters. The predicted octanol–water partition coefficient (Wildman–Crippen LogP) is 4.23. The van der Waals surface area contributed by atoms with Crippen LogP contribution in [-0.4, -0.2) is 11.1 Å². The fourth-order valence-corrected chi connectivity index (χ4v) is 2.17. The average Bonchev–Trinajstić information content (AvgIpc) is 2.47. The van der Waals surface area contributed by atoms with E-state index in [9.17, 15) is 18.0 Å². The number of carboxylic acids is 1. The lowest BCUT2D eigenvalue weighted by Crippen LogP contribution is -2.26. The summed E-state index contributed by atoms with van der Waals surface area (Å²) in [6.45, 7) is 1.75. The van der Waals surface area contributed by atoms with Crippen LogP contribution in [0, 0.1) is 5.82 Å². The molecule has 0 bridgehead atoms. The summed E-state index contributed by atoms with van der Waals surface area (Å²) in [5, 5.41) is 8.69. The van der Waals surface area contributed by atoms with E-state index in [4.69, 9.17) is 5.11 Å². The monoisotopic (exact) mass is 294 g/mol. The zero-order valence-electron chi connectivity index (χ0n) is 11.2. The summed E-state index contributed by atoms with van der Waals surface area (Å²) in [5.74, 6) is -6.94. The van der Waals surface area contributed by atoms with E-state index >= 15 is 0 Å². The highest BCUT2D eigenvalue weighted by Gasteiger charge is 2.43. The Morgan fingerprint density at radius 1 is 1.10 bits per heavy atom. The molecule has 0 saturated heterocycles. The zero-order chi connectivity index (χ0) is 15.6. The summed E-state index contributed by atoms with van der Waals surface area (Å²) in [6, 6.07) is 9.56. The van der Waals surface area contributed by atoms with Gasteiger partial charge in [-0.2, -0.15) is 8.78 Å². The van der Waals surface area contributed by atoms with Crippen LogP contribution in [0.4, 0.5) is 13.2 Å². The zero-order valence-corrected chi connectivity index (χ0v) is 11.2. The number of benzene rings is 2. The molecule has 0 spiro atoms. The third kappa shape index (κ3) is 2.63. The number of alkyl halides is 2. The fourth-order valence-electron chi connectivity index (χ4n) is 2.17. The van der Waals surface area contributed by atoms with Gasteiger partial charge in [-0.15, -0.1) is 0 Å². The summed E-state index contributed by atoms with van der Waals surface area (Å²) in [6.07, 6.45) is 0.414. The van der Waals surface area contributed by atoms with Crippen molar-refractivity contribution in [3.8, 4) is 11.1 Å². The third-order valence-electron chi connectivity index (χ3n) is 3.28. The Bertz CT molecular complexity index is 681. The Morgan fingerprint density at radius 3 is 2.33 bits per heavy atom. The minimum atomic E-state index is -4.08. The van der Waals surface area contributed by atoms with Crippen molar-refractivity contribution in [3.05, 3.63) is 59.4 Å². The van der Waals surface area contributed by atoms with Gasteiger partial charge < -0.3 is 5.11 Å². The molecule has 5 heteroatoms. The van der Waals surface area contributed by atoms with Gasteiger partial charge in [0.15, 0.2) is 0 Å². The molecule has 0 aromatic heterocycles. The summed E-state index contributed by atoms with van der Waals surface area (Å²) < 4.78 is 42.0. The molecule has 21 heavy (non-hydrogen) atoms. The quantitative estimate of drug-likeness (QED) is 0.916. The number of carbonyl (C=O) groups is 1. The van der Waals surface area contributed by atoms with Gasteiger partial charge in [-0.05, 0) is 17.5 Å². The lowest BCUT2D eigenvalue weighted by atomic mass is 9.93. The van der Waals surface area contributed by atoms with Crippen molar-refractivity contribution in [1.29, 1.82) is 0 Å². The van der Waals surface area contributed by atoms with Crippen molar-refractivity contribution in [1.82, 2.24) is 0 Å². The van der Waals surface area contributed by atoms with Crippen LogP contribution in [0.1, 0.15) is 18.1 Å². The molecule has 1 N–H and O–H groups in total. The summed E-state index contributed by atoms with van der Waals surface area (Å²) in [7, 11) is 0. The van der Waals surface area contributed by atoms with Crippen LogP contribution in [0.3, 0.4) is 0 Å². The van der Waals surface area contributed by atoms with Crippen LogP contribution in [0.15, 0.2) is 42.5 Å². The molecule has 2 aromatic rings. The lowest BCUT2D eigenvalue weighted by Gasteiger charge is -2.17. The minimum Gasteiger partial charge on any atom is -0.477 e. The molecule has 0 heterocycles. The average molecular weight is 294 g/mol.